The smallest absolute Gasteiger partial charge is 0.316 e. The van der Waals surface area contributed by atoms with E-state index in [0.717, 1.165) is 0 Å². The Morgan fingerprint density at radius 3 is 2.67 bits per heavy atom. The van der Waals surface area contributed by atoms with Crippen LogP contribution in [0.15, 0.2) is 12.4 Å². The highest BCUT2D eigenvalue weighted by Crippen LogP contribution is 2.27. The summed E-state index contributed by atoms with van der Waals surface area (Å²) in [7, 11) is 0. The van der Waals surface area contributed by atoms with Crippen molar-refractivity contribution in [3.63, 3.8) is 0 Å². The van der Waals surface area contributed by atoms with Gasteiger partial charge in [-0.25, -0.2) is 9.97 Å². The molecule has 0 bridgehead atoms. The van der Waals surface area contributed by atoms with Crippen molar-refractivity contribution in [3.8, 4) is 6.01 Å². The number of carbonyl (C=O) groups is 1. The largest absolute Gasteiger partial charge is 0.464 e. The molecule has 2 rings (SSSR count). The number of hydrogen-bond acceptors (Lipinski definition) is 4. The predicted molar refractivity (Wildman–Crippen MR) is 68.4 cm³/mol. The lowest BCUT2D eigenvalue weighted by molar-refractivity contribution is -0.117. The average molecular weight is 249 g/mol. The zero-order valence-corrected chi connectivity index (χ0v) is 10.7. The first kappa shape index (κ1) is 12.8. The SMILES string of the molecule is CCOc1ncc(NC(=O)CC2CCCC2)cn1. The number of carbonyl (C=O) groups excluding carboxylic acids is 1. The minimum Gasteiger partial charge on any atom is -0.464 e. The van der Waals surface area contributed by atoms with Crippen molar-refractivity contribution in [1.29, 1.82) is 0 Å². The van der Waals surface area contributed by atoms with Gasteiger partial charge >= 0.3 is 6.01 Å². The van der Waals surface area contributed by atoms with E-state index in [1.807, 2.05) is 6.92 Å². The molecule has 1 N–H and O–H groups in total. The summed E-state index contributed by atoms with van der Waals surface area (Å²) >= 11 is 0. The maximum absolute atomic E-state index is 11.8. The van der Waals surface area contributed by atoms with Crippen molar-refractivity contribution in [1.82, 2.24) is 9.97 Å². The van der Waals surface area contributed by atoms with Crippen LogP contribution in [0.25, 0.3) is 0 Å². The summed E-state index contributed by atoms with van der Waals surface area (Å²) < 4.78 is 5.14. The highest BCUT2D eigenvalue weighted by Gasteiger charge is 2.18. The third-order valence-electron chi connectivity index (χ3n) is 3.13. The van der Waals surface area contributed by atoms with E-state index in [-0.39, 0.29) is 5.91 Å². The molecule has 98 valence electrons. The Labute approximate surface area is 107 Å². The minimum absolute atomic E-state index is 0.0506. The van der Waals surface area contributed by atoms with Gasteiger partial charge in [-0.3, -0.25) is 4.79 Å². The second kappa shape index (κ2) is 6.33. The Bertz CT molecular complexity index is 386. The Hall–Kier alpha value is -1.65. The quantitative estimate of drug-likeness (QED) is 0.870. The monoisotopic (exact) mass is 249 g/mol. The molecule has 0 unspecified atom stereocenters. The molecule has 1 heterocycles. The van der Waals surface area contributed by atoms with Crippen LogP contribution in [-0.2, 0) is 4.79 Å². The molecule has 0 spiro atoms. The standard InChI is InChI=1S/C13H19N3O2/c1-2-18-13-14-8-11(9-15-13)16-12(17)7-10-5-3-4-6-10/h8-10H,2-7H2,1H3,(H,16,17). The van der Waals surface area contributed by atoms with Gasteiger partial charge in [0.15, 0.2) is 0 Å². The van der Waals surface area contributed by atoms with Crippen LogP contribution in [0.4, 0.5) is 5.69 Å². The Balaban J connectivity index is 1.82. The van der Waals surface area contributed by atoms with E-state index in [9.17, 15) is 4.79 Å². The fourth-order valence-electron chi connectivity index (χ4n) is 2.27. The summed E-state index contributed by atoms with van der Waals surface area (Å²) in [6.45, 7) is 2.41. The molecule has 1 aromatic rings. The first-order valence-corrected chi connectivity index (χ1v) is 6.52. The zero-order chi connectivity index (χ0) is 12.8. The van der Waals surface area contributed by atoms with Gasteiger partial charge in [0.05, 0.1) is 24.7 Å². The van der Waals surface area contributed by atoms with Crippen molar-refractivity contribution in [2.75, 3.05) is 11.9 Å². The van der Waals surface area contributed by atoms with E-state index in [1.165, 1.54) is 25.7 Å². The van der Waals surface area contributed by atoms with Gasteiger partial charge in [0, 0.05) is 6.42 Å². The van der Waals surface area contributed by atoms with E-state index >= 15 is 0 Å². The fourth-order valence-corrected chi connectivity index (χ4v) is 2.27. The first-order valence-electron chi connectivity index (χ1n) is 6.52. The maximum Gasteiger partial charge on any atom is 0.316 e. The van der Waals surface area contributed by atoms with Gasteiger partial charge in [0.25, 0.3) is 0 Å². The summed E-state index contributed by atoms with van der Waals surface area (Å²) in [5.74, 6) is 0.600. The number of amides is 1. The maximum atomic E-state index is 11.8. The van der Waals surface area contributed by atoms with Gasteiger partial charge in [-0.15, -0.1) is 0 Å². The molecule has 1 aliphatic carbocycles. The molecule has 0 radical (unpaired) electrons. The molecule has 18 heavy (non-hydrogen) atoms. The molecule has 5 heteroatoms. The summed E-state index contributed by atoms with van der Waals surface area (Å²) in [6.07, 6.45) is 8.61. The zero-order valence-electron chi connectivity index (χ0n) is 10.7. The molecule has 1 saturated carbocycles. The van der Waals surface area contributed by atoms with E-state index < -0.39 is 0 Å². The van der Waals surface area contributed by atoms with Crippen LogP contribution in [-0.4, -0.2) is 22.5 Å². The number of rotatable bonds is 5. The first-order chi connectivity index (χ1) is 8.78. The van der Waals surface area contributed by atoms with E-state index in [4.69, 9.17) is 4.74 Å². The Morgan fingerprint density at radius 1 is 1.39 bits per heavy atom. The number of ether oxygens (including phenoxy) is 1. The van der Waals surface area contributed by atoms with Gasteiger partial charge in [0.1, 0.15) is 0 Å². The second-order valence-corrected chi connectivity index (χ2v) is 4.59. The molecular weight excluding hydrogens is 230 g/mol. The summed E-state index contributed by atoms with van der Waals surface area (Å²) in [5.41, 5.74) is 0.626. The van der Waals surface area contributed by atoms with Crippen molar-refractivity contribution < 1.29 is 9.53 Å². The number of nitrogens with one attached hydrogen (secondary N) is 1. The van der Waals surface area contributed by atoms with Crippen molar-refractivity contribution in [2.24, 2.45) is 5.92 Å². The van der Waals surface area contributed by atoms with Crippen LogP contribution < -0.4 is 10.1 Å². The molecule has 5 nitrogen and oxygen atoms in total. The molecular formula is C13H19N3O2. The van der Waals surface area contributed by atoms with E-state index in [2.05, 4.69) is 15.3 Å². The van der Waals surface area contributed by atoms with Crippen LogP contribution >= 0.6 is 0 Å². The number of aromatic nitrogens is 2. The lowest BCUT2D eigenvalue weighted by Crippen LogP contribution is -2.15. The molecule has 0 atom stereocenters. The molecule has 1 fully saturated rings. The molecule has 0 saturated heterocycles. The predicted octanol–water partition coefficient (Wildman–Crippen LogP) is 2.39. The molecule has 0 aliphatic heterocycles. The van der Waals surface area contributed by atoms with Crippen LogP contribution in [0, 0.1) is 5.92 Å². The highest BCUT2D eigenvalue weighted by atomic mass is 16.5. The van der Waals surface area contributed by atoms with Crippen molar-refractivity contribution in [2.45, 2.75) is 39.0 Å². The summed E-state index contributed by atoms with van der Waals surface area (Å²) in [4.78, 5) is 19.8. The summed E-state index contributed by atoms with van der Waals surface area (Å²) in [5, 5.41) is 2.82. The van der Waals surface area contributed by atoms with Crippen LogP contribution in [0.5, 0.6) is 6.01 Å². The third kappa shape index (κ3) is 3.68. The average Bonchev–Trinajstić information content (AvgIpc) is 2.84. The van der Waals surface area contributed by atoms with Gasteiger partial charge in [-0.05, 0) is 25.7 Å². The second-order valence-electron chi connectivity index (χ2n) is 4.59. The lowest BCUT2D eigenvalue weighted by Gasteiger charge is -2.09. The van der Waals surface area contributed by atoms with Gasteiger partial charge in [-0.1, -0.05) is 12.8 Å². The van der Waals surface area contributed by atoms with Gasteiger partial charge in [0.2, 0.25) is 5.91 Å². The Morgan fingerprint density at radius 2 is 2.06 bits per heavy atom. The van der Waals surface area contributed by atoms with Crippen molar-refractivity contribution >= 4 is 11.6 Å². The summed E-state index contributed by atoms with van der Waals surface area (Å²) in [6, 6.07) is 0.339. The number of nitrogens with zero attached hydrogens (tertiary/aromatic N) is 2. The molecule has 0 aromatic carbocycles. The van der Waals surface area contributed by atoms with Gasteiger partial charge in [-0.2, -0.15) is 0 Å². The van der Waals surface area contributed by atoms with Gasteiger partial charge < -0.3 is 10.1 Å². The third-order valence-corrected chi connectivity index (χ3v) is 3.13. The molecule has 1 aliphatic rings. The topological polar surface area (TPSA) is 64.1 Å². The van der Waals surface area contributed by atoms with Crippen molar-refractivity contribution in [3.05, 3.63) is 12.4 Å². The normalized spacial score (nSPS) is 15.6. The lowest BCUT2D eigenvalue weighted by atomic mass is 10.0. The van der Waals surface area contributed by atoms with E-state index in [1.54, 1.807) is 12.4 Å². The van der Waals surface area contributed by atoms with Crippen LogP contribution in [0.2, 0.25) is 0 Å². The van der Waals surface area contributed by atoms with E-state index in [0.29, 0.717) is 30.6 Å². The molecule has 1 amide bonds. The highest BCUT2D eigenvalue weighted by molar-refractivity contribution is 5.90. The molecule has 1 aromatic heterocycles. The van der Waals surface area contributed by atoms with Crippen LogP contribution in [0.3, 0.4) is 0 Å². The number of anilines is 1. The Kier molecular flexibility index (Phi) is 4.50. The minimum atomic E-state index is 0.0506. The number of hydrogen-bond donors (Lipinski definition) is 1. The fraction of sp³-hybridized carbons (Fsp3) is 0.615. The van der Waals surface area contributed by atoms with Crippen LogP contribution in [0.1, 0.15) is 39.0 Å².